The molecule has 0 saturated heterocycles. The van der Waals surface area contributed by atoms with Crippen LogP contribution in [0.4, 0.5) is 5.69 Å². The molecule has 0 spiro atoms. The van der Waals surface area contributed by atoms with Crippen molar-refractivity contribution in [3.05, 3.63) is 34.3 Å². The summed E-state index contributed by atoms with van der Waals surface area (Å²) in [5.74, 6) is 2.33. The standard InChI is InChI=1S/C16H20N4O2S/c1-21-13-6-5-11(7-14(13)22-2)19-16(17)18-8-15-20-12(9-23-15)10-3-4-10/h5-7,9-10H,3-4,8H2,1-2H3,(H3,17,18,19). The predicted octanol–water partition coefficient (Wildman–Crippen LogP) is 2.96. The Morgan fingerprint density at radius 3 is 2.83 bits per heavy atom. The number of guanidine groups is 1. The van der Waals surface area contributed by atoms with Crippen LogP contribution < -0.4 is 20.5 Å². The number of benzene rings is 1. The average Bonchev–Trinajstić information content (AvgIpc) is 3.31. The predicted molar refractivity (Wildman–Crippen MR) is 92.6 cm³/mol. The van der Waals surface area contributed by atoms with Crippen LogP contribution in [0.3, 0.4) is 0 Å². The molecule has 0 atom stereocenters. The van der Waals surface area contributed by atoms with E-state index in [1.165, 1.54) is 18.5 Å². The molecule has 0 radical (unpaired) electrons. The zero-order chi connectivity index (χ0) is 16.2. The highest BCUT2D eigenvalue weighted by Gasteiger charge is 2.25. The van der Waals surface area contributed by atoms with Crippen molar-refractivity contribution in [2.24, 2.45) is 10.7 Å². The first-order chi connectivity index (χ1) is 11.2. The Kier molecular flexibility index (Phi) is 4.66. The molecule has 6 nitrogen and oxygen atoms in total. The van der Waals surface area contributed by atoms with Crippen molar-refractivity contribution in [2.45, 2.75) is 25.3 Å². The van der Waals surface area contributed by atoms with Gasteiger partial charge in [0, 0.05) is 23.1 Å². The quantitative estimate of drug-likeness (QED) is 0.628. The van der Waals surface area contributed by atoms with Crippen molar-refractivity contribution < 1.29 is 9.47 Å². The number of aromatic nitrogens is 1. The molecule has 3 rings (SSSR count). The Labute approximate surface area is 139 Å². The maximum Gasteiger partial charge on any atom is 0.193 e. The van der Waals surface area contributed by atoms with Crippen LogP contribution in [0.25, 0.3) is 0 Å². The van der Waals surface area contributed by atoms with Crippen LogP contribution in [0.5, 0.6) is 11.5 Å². The van der Waals surface area contributed by atoms with E-state index < -0.39 is 0 Å². The van der Waals surface area contributed by atoms with Gasteiger partial charge in [-0.15, -0.1) is 11.3 Å². The number of aliphatic imine (C=N–C) groups is 1. The summed E-state index contributed by atoms with van der Waals surface area (Å²) in [4.78, 5) is 8.93. The molecule has 1 aliphatic carbocycles. The summed E-state index contributed by atoms with van der Waals surface area (Å²) in [7, 11) is 3.20. The Hall–Kier alpha value is -2.28. The number of nitrogens with zero attached hydrogens (tertiary/aromatic N) is 2. The Balaban J connectivity index is 1.62. The minimum atomic E-state index is 0.348. The molecule has 0 unspecified atom stereocenters. The summed E-state index contributed by atoms with van der Waals surface area (Å²) < 4.78 is 10.5. The molecule has 0 aliphatic heterocycles. The monoisotopic (exact) mass is 332 g/mol. The van der Waals surface area contributed by atoms with Crippen molar-refractivity contribution >= 4 is 23.0 Å². The fourth-order valence-corrected chi connectivity index (χ4v) is 3.02. The van der Waals surface area contributed by atoms with Crippen LogP contribution >= 0.6 is 11.3 Å². The SMILES string of the molecule is COc1ccc(NC(N)=NCc2nc(C3CC3)cs2)cc1OC. The third kappa shape index (κ3) is 3.92. The summed E-state index contributed by atoms with van der Waals surface area (Å²) in [6, 6.07) is 5.49. The molecule has 1 fully saturated rings. The molecule has 0 amide bonds. The molecule has 3 N–H and O–H groups in total. The summed E-state index contributed by atoms with van der Waals surface area (Å²) in [5, 5.41) is 6.16. The Morgan fingerprint density at radius 2 is 2.13 bits per heavy atom. The van der Waals surface area contributed by atoms with E-state index in [0.717, 1.165) is 10.7 Å². The van der Waals surface area contributed by atoms with Gasteiger partial charge in [-0.25, -0.2) is 9.98 Å². The van der Waals surface area contributed by atoms with E-state index in [4.69, 9.17) is 15.2 Å². The zero-order valence-electron chi connectivity index (χ0n) is 13.2. The van der Waals surface area contributed by atoms with Gasteiger partial charge >= 0.3 is 0 Å². The second-order valence-electron chi connectivity index (χ2n) is 5.34. The van der Waals surface area contributed by atoms with E-state index in [0.29, 0.717) is 29.9 Å². The minimum Gasteiger partial charge on any atom is -0.493 e. The fourth-order valence-electron chi connectivity index (χ4n) is 2.22. The lowest BCUT2D eigenvalue weighted by Crippen LogP contribution is -2.22. The topological polar surface area (TPSA) is 81.8 Å². The summed E-state index contributed by atoms with van der Waals surface area (Å²) >= 11 is 1.64. The van der Waals surface area contributed by atoms with Gasteiger partial charge < -0.3 is 20.5 Å². The molecular weight excluding hydrogens is 312 g/mol. The van der Waals surface area contributed by atoms with Gasteiger partial charge in [-0.2, -0.15) is 0 Å². The number of anilines is 1. The lowest BCUT2D eigenvalue weighted by atomic mass is 10.3. The third-order valence-electron chi connectivity index (χ3n) is 3.61. The van der Waals surface area contributed by atoms with E-state index >= 15 is 0 Å². The normalized spacial score (nSPS) is 14.6. The molecule has 0 bridgehead atoms. The highest BCUT2D eigenvalue weighted by atomic mass is 32.1. The molecule has 1 aliphatic rings. The second kappa shape index (κ2) is 6.87. The number of methoxy groups -OCH3 is 2. The van der Waals surface area contributed by atoms with Crippen LogP contribution in [-0.2, 0) is 6.54 Å². The number of ether oxygens (including phenoxy) is 2. The van der Waals surface area contributed by atoms with Gasteiger partial charge in [0.25, 0.3) is 0 Å². The number of nitrogens with one attached hydrogen (secondary N) is 1. The summed E-state index contributed by atoms with van der Waals surface area (Å²) in [6.45, 7) is 0.490. The molecule has 122 valence electrons. The molecule has 7 heteroatoms. The van der Waals surface area contributed by atoms with Gasteiger partial charge in [0.1, 0.15) is 5.01 Å². The number of nitrogens with two attached hydrogens (primary N) is 1. The van der Waals surface area contributed by atoms with Crippen molar-refractivity contribution in [2.75, 3.05) is 19.5 Å². The van der Waals surface area contributed by atoms with Crippen molar-refractivity contribution in [3.63, 3.8) is 0 Å². The van der Waals surface area contributed by atoms with Crippen LogP contribution in [0.1, 0.15) is 29.5 Å². The van der Waals surface area contributed by atoms with Crippen LogP contribution in [0.15, 0.2) is 28.6 Å². The fraction of sp³-hybridized carbons (Fsp3) is 0.375. The van der Waals surface area contributed by atoms with Gasteiger partial charge in [-0.1, -0.05) is 0 Å². The maximum atomic E-state index is 5.94. The summed E-state index contributed by atoms with van der Waals surface area (Å²) in [5.41, 5.74) is 7.93. The Bertz CT molecular complexity index is 710. The Morgan fingerprint density at radius 1 is 1.35 bits per heavy atom. The summed E-state index contributed by atoms with van der Waals surface area (Å²) in [6.07, 6.45) is 2.52. The number of rotatable bonds is 6. The first-order valence-electron chi connectivity index (χ1n) is 7.43. The molecule has 1 aromatic carbocycles. The van der Waals surface area contributed by atoms with Gasteiger partial charge in [0.15, 0.2) is 17.5 Å². The van der Waals surface area contributed by atoms with Crippen molar-refractivity contribution in [3.8, 4) is 11.5 Å². The van der Waals surface area contributed by atoms with Crippen molar-refractivity contribution in [1.29, 1.82) is 0 Å². The van der Waals surface area contributed by atoms with Crippen LogP contribution in [0, 0.1) is 0 Å². The van der Waals surface area contributed by atoms with E-state index in [9.17, 15) is 0 Å². The van der Waals surface area contributed by atoms with Gasteiger partial charge in [0.2, 0.25) is 0 Å². The van der Waals surface area contributed by atoms with Crippen molar-refractivity contribution in [1.82, 2.24) is 4.98 Å². The molecular formula is C16H20N4O2S. The lowest BCUT2D eigenvalue weighted by Gasteiger charge is -2.10. The molecule has 23 heavy (non-hydrogen) atoms. The highest BCUT2D eigenvalue weighted by Crippen LogP contribution is 2.40. The smallest absolute Gasteiger partial charge is 0.193 e. The number of hydrogen-bond acceptors (Lipinski definition) is 5. The van der Waals surface area contributed by atoms with Gasteiger partial charge in [0.05, 0.1) is 26.5 Å². The van der Waals surface area contributed by atoms with Crippen LogP contribution in [-0.4, -0.2) is 25.2 Å². The second-order valence-corrected chi connectivity index (χ2v) is 6.28. The largest absolute Gasteiger partial charge is 0.493 e. The maximum absolute atomic E-state index is 5.94. The van der Waals surface area contributed by atoms with Crippen LogP contribution in [0.2, 0.25) is 0 Å². The van der Waals surface area contributed by atoms with E-state index in [1.54, 1.807) is 25.6 Å². The molecule has 2 aromatic rings. The van der Waals surface area contributed by atoms with Gasteiger partial charge in [-0.05, 0) is 25.0 Å². The molecule has 1 aromatic heterocycles. The first kappa shape index (κ1) is 15.6. The number of thiazole rings is 1. The van der Waals surface area contributed by atoms with Gasteiger partial charge in [-0.3, -0.25) is 0 Å². The minimum absolute atomic E-state index is 0.348. The molecule has 1 heterocycles. The van der Waals surface area contributed by atoms with E-state index in [2.05, 4.69) is 20.7 Å². The van der Waals surface area contributed by atoms with E-state index in [1.807, 2.05) is 18.2 Å². The third-order valence-corrected chi connectivity index (χ3v) is 4.46. The average molecular weight is 332 g/mol. The van der Waals surface area contributed by atoms with E-state index in [-0.39, 0.29) is 0 Å². The zero-order valence-corrected chi connectivity index (χ0v) is 14.0. The first-order valence-corrected chi connectivity index (χ1v) is 8.31. The highest BCUT2D eigenvalue weighted by molar-refractivity contribution is 7.09. The lowest BCUT2D eigenvalue weighted by molar-refractivity contribution is 0.355. The molecule has 1 saturated carbocycles. The number of hydrogen-bond donors (Lipinski definition) is 2.